The molecule has 2 aromatic heterocycles. The van der Waals surface area contributed by atoms with Crippen LogP contribution in [-0.2, 0) is 13.0 Å². The minimum atomic E-state index is -0.0610. The van der Waals surface area contributed by atoms with E-state index in [1.807, 2.05) is 35.9 Å². The number of hydrogen-bond acceptors (Lipinski definition) is 2. The van der Waals surface area contributed by atoms with Crippen molar-refractivity contribution >= 4 is 21.8 Å². The summed E-state index contributed by atoms with van der Waals surface area (Å²) < 4.78 is 8.03. The van der Waals surface area contributed by atoms with Crippen LogP contribution in [0.3, 0.4) is 0 Å². The molecule has 4 nitrogen and oxygen atoms in total. The largest absolute Gasteiger partial charge is 0.469 e. The summed E-state index contributed by atoms with van der Waals surface area (Å²) in [4.78, 5) is 12.0. The third kappa shape index (κ3) is 3.04. The lowest BCUT2D eigenvalue weighted by atomic mass is 10.3. The van der Waals surface area contributed by atoms with Gasteiger partial charge in [0.15, 0.2) is 0 Å². The molecule has 1 N–H and O–H groups in total. The molecule has 5 heteroatoms. The molecule has 0 unspecified atom stereocenters. The van der Waals surface area contributed by atoms with Crippen molar-refractivity contribution in [1.29, 1.82) is 0 Å². The molecular formula is C13H15BrN2O2. The second-order valence-corrected chi connectivity index (χ2v) is 4.83. The van der Waals surface area contributed by atoms with Gasteiger partial charge in [-0.2, -0.15) is 0 Å². The molecule has 0 aliphatic heterocycles. The van der Waals surface area contributed by atoms with Gasteiger partial charge in [-0.25, -0.2) is 0 Å². The molecular weight excluding hydrogens is 296 g/mol. The fourth-order valence-electron chi connectivity index (χ4n) is 1.77. The zero-order valence-electron chi connectivity index (χ0n) is 10.1. The Hall–Kier alpha value is -1.49. The predicted molar refractivity (Wildman–Crippen MR) is 72.6 cm³/mol. The van der Waals surface area contributed by atoms with Crippen molar-refractivity contribution in [2.45, 2.75) is 19.9 Å². The van der Waals surface area contributed by atoms with Crippen molar-refractivity contribution in [1.82, 2.24) is 9.88 Å². The molecule has 18 heavy (non-hydrogen) atoms. The van der Waals surface area contributed by atoms with E-state index in [9.17, 15) is 4.79 Å². The van der Waals surface area contributed by atoms with Gasteiger partial charge >= 0.3 is 0 Å². The van der Waals surface area contributed by atoms with Gasteiger partial charge in [0, 0.05) is 30.2 Å². The van der Waals surface area contributed by atoms with Crippen LogP contribution in [0.15, 0.2) is 39.5 Å². The van der Waals surface area contributed by atoms with E-state index < -0.39 is 0 Å². The predicted octanol–water partition coefficient (Wildman–Crippen LogP) is 2.84. The number of furan rings is 1. The Labute approximate surface area is 114 Å². The standard InChI is InChI=1S/C13H15BrN2O2/c1-2-16-9-10(14)8-12(16)13(17)15-6-5-11-4-3-7-18-11/h3-4,7-9H,2,5-6H2,1H3,(H,15,17). The van der Waals surface area contributed by atoms with Crippen LogP contribution >= 0.6 is 15.9 Å². The van der Waals surface area contributed by atoms with Gasteiger partial charge in [-0.1, -0.05) is 0 Å². The number of nitrogens with one attached hydrogen (secondary N) is 1. The fraction of sp³-hybridized carbons (Fsp3) is 0.308. The van der Waals surface area contributed by atoms with Gasteiger partial charge in [0.2, 0.25) is 0 Å². The molecule has 1 amide bonds. The molecule has 0 aliphatic carbocycles. The second kappa shape index (κ2) is 5.91. The summed E-state index contributed by atoms with van der Waals surface area (Å²) in [5.74, 6) is 0.816. The normalized spacial score (nSPS) is 10.6. The summed E-state index contributed by atoms with van der Waals surface area (Å²) in [6.07, 6.45) is 4.24. The first-order chi connectivity index (χ1) is 8.70. The Balaban J connectivity index is 1.91. The number of rotatable bonds is 5. The quantitative estimate of drug-likeness (QED) is 0.923. The molecule has 0 fully saturated rings. The molecule has 2 rings (SSSR count). The number of aromatic nitrogens is 1. The molecule has 2 aromatic rings. The van der Waals surface area contributed by atoms with Crippen LogP contribution in [0.4, 0.5) is 0 Å². The number of halogens is 1. The molecule has 0 spiro atoms. The number of aryl methyl sites for hydroxylation is 1. The maximum Gasteiger partial charge on any atom is 0.267 e. The monoisotopic (exact) mass is 310 g/mol. The highest BCUT2D eigenvalue weighted by atomic mass is 79.9. The van der Waals surface area contributed by atoms with Gasteiger partial charge in [-0.05, 0) is 41.1 Å². The number of nitrogens with zero attached hydrogens (tertiary/aromatic N) is 1. The van der Waals surface area contributed by atoms with Crippen LogP contribution in [0.5, 0.6) is 0 Å². The topological polar surface area (TPSA) is 47.2 Å². The summed E-state index contributed by atoms with van der Waals surface area (Å²) >= 11 is 3.38. The van der Waals surface area contributed by atoms with E-state index in [1.165, 1.54) is 0 Å². The molecule has 2 heterocycles. The molecule has 0 aromatic carbocycles. The Bertz CT molecular complexity index is 517. The van der Waals surface area contributed by atoms with Crippen LogP contribution < -0.4 is 5.32 Å². The minimum absolute atomic E-state index is 0.0610. The van der Waals surface area contributed by atoms with Gasteiger partial charge in [-0.15, -0.1) is 0 Å². The van der Waals surface area contributed by atoms with Crippen LogP contribution in [0.2, 0.25) is 0 Å². The van der Waals surface area contributed by atoms with Gasteiger partial charge in [0.05, 0.1) is 6.26 Å². The Kier molecular flexibility index (Phi) is 4.25. The molecule has 0 atom stereocenters. The van der Waals surface area contributed by atoms with Crippen LogP contribution in [0, 0.1) is 0 Å². The molecule has 0 aliphatic rings. The van der Waals surface area contributed by atoms with E-state index in [2.05, 4.69) is 21.2 Å². The van der Waals surface area contributed by atoms with Crippen molar-refractivity contribution in [3.8, 4) is 0 Å². The average molecular weight is 311 g/mol. The van der Waals surface area contributed by atoms with E-state index in [4.69, 9.17) is 4.42 Å². The van der Waals surface area contributed by atoms with Crippen LogP contribution in [0.25, 0.3) is 0 Å². The van der Waals surface area contributed by atoms with E-state index in [-0.39, 0.29) is 5.91 Å². The Morgan fingerprint density at radius 2 is 2.39 bits per heavy atom. The Morgan fingerprint density at radius 3 is 3.06 bits per heavy atom. The summed E-state index contributed by atoms with van der Waals surface area (Å²) in [6, 6.07) is 5.57. The van der Waals surface area contributed by atoms with E-state index in [0.29, 0.717) is 18.7 Å². The zero-order chi connectivity index (χ0) is 13.0. The van der Waals surface area contributed by atoms with Crippen molar-refractivity contribution in [3.63, 3.8) is 0 Å². The molecule has 96 valence electrons. The number of carbonyl (C=O) groups is 1. The number of amides is 1. The third-order valence-electron chi connectivity index (χ3n) is 2.67. The lowest BCUT2D eigenvalue weighted by Crippen LogP contribution is -2.27. The molecule has 0 saturated carbocycles. The highest BCUT2D eigenvalue weighted by molar-refractivity contribution is 9.10. The van der Waals surface area contributed by atoms with Gasteiger partial charge in [0.25, 0.3) is 5.91 Å². The summed E-state index contributed by atoms with van der Waals surface area (Å²) in [5.41, 5.74) is 0.670. The lowest BCUT2D eigenvalue weighted by molar-refractivity contribution is 0.0944. The zero-order valence-corrected chi connectivity index (χ0v) is 11.7. The van der Waals surface area contributed by atoms with Gasteiger partial charge < -0.3 is 14.3 Å². The van der Waals surface area contributed by atoms with Gasteiger partial charge in [-0.3, -0.25) is 4.79 Å². The van der Waals surface area contributed by atoms with E-state index in [0.717, 1.165) is 16.8 Å². The summed E-state index contributed by atoms with van der Waals surface area (Å²) in [5, 5.41) is 2.88. The maximum atomic E-state index is 12.0. The smallest absolute Gasteiger partial charge is 0.267 e. The van der Waals surface area contributed by atoms with E-state index >= 15 is 0 Å². The number of hydrogen-bond donors (Lipinski definition) is 1. The molecule has 0 bridgehead atoms. The van der Waals surface area contributed by atoms with Crippen molar-refractivity contribution in [3.05, 3.63) is 46.6 Å². The summed E-state index contributed by atoms with van der Waals surface area (Å²) in [6.45, 7) is 3.34. The number of carbonyl (C=O) groups excluding carboxylic acids is 1. The first-order valence-electron chi connectivity index (χ1n) is 5.87. The van der Waals surface area contributed by atoms with Crippen molar-refractivity contribution in [2.75, 3.05) is 6.54 Å². The maximum absolute atomic E-state index is 12.0. The summed E-state index contributed by atoms with van der Waals surface area (Å²) in [7, 11) is 0. The van der Waals surface area contributed by atoms with Crippen LogP contribution in [0.1, 0.15) is 23.2 Å². The highest BCUT2D eigenvalue weighted by Gasteiger charge is 2.11. The van der Waals surface area contributed by atoms with E-state index in [1.54, 1.807) is 6.26 Å². The second-order valence-electron chi connectivity index (χ2n) is 3.91. The SMILES string of the molecule is CCn1cc(Br)cc1C(=O)NCCc1ccco1. The first kappa shape index (κ1) is 13.0. The highest BCUT2D eigenvalue weighted by Crippen LogP contribution is 2.14. The first-order valence-corrected chi connectivity index (χ1v) is 6.66. The molecule has 0 radical (unpaired) electrons. The van der Waals surface area contributed by atoms with Crippen molar-refractivity contribution in [2.24, 2.45) is 0 Å². The lowest BCUT2D eigenvalue weighted by Gasteiger charge is -2.06. The fourth-order valence-corrected chi connectivity index (χ4v) is 2.24. The average Bonchev–Trinajstić information content (AvgIpc) is 2.98. The molecule has 0 saturated heterocycles. The third-order valence-corrected chi connectivity index (χ3v) is 3.11. The van der Waals surface area contributed by atoms with Crippen LogP contribution in [-0.4, -0.2) is 17.0 Å². The Morgan fingerprint density at radius 1 is 1.56 bits per heavy atom. The van der Waals surface area contributed by atoms with Crippen molar-refractivity contribution < 1.29 is 9.21 Å². The minimum Gasteiger partial charge on any atom is -0.469 e. The van der Waals surface area contributed by atoms with Gasteiger partial charge in [0.1, 0.15) is 11.5 Å².